The number of benzene rings is 1. The van der Waals surface area contributed by atoms with Crippen molar-refractivity contribution in [2.75, 3.05) is 26.2 Å². The van der Waals surface area contributed by atoms with Crippen LogP contribution in [0, 0.1) is 0 Å². The summed E-state index contributed by atoms with van der Waals surface area (Å²) >= 11 is 0. The molecule has 0 atom stereocenters. The fourth-order valence-electron chi connectivity index (χ4n) is 4.12. The summed E-state index contributed by atoms with van der Waals surface area (Å²) in [6, 6.07) is 18.9. The van der Waals surface area contributed by atoms with E-state index in [2.05, 4.69) is 9.97 Å². The molecule has 0 N–H and O–H groups in total. The molecule has 1 aliphatic heterocycles. The van der Waals surface area contributed by atoms with E-state index in [0.717, 1.165) is 27.9 Å². The molecule has 1 fully saturated rings. The van der Waals surface area contributed by atoms with Gasteiger partial charge in [-0.25, -0.2) is 4.98 Å². The van der Waals surface area contributed by atoms with Crippen LogP contribution in [0.15, 0.2) is 79.3 Å². The molecule has 1 aliphatic rings. The molecule has 7 nitrogen and oxygen atoms in total. The largest absolute Gasteiger partial charge is 0.339 e. The molecule has 2 amide bonds. The molecule has 0 spiro atoms. The standard InChI is InChI=1S/C26H23N5O2/c32-25(17-20-5-3-4-10-28-20)30-13-15-31(16-14-30)26(33)22-18-24(19-8-11-27-12-9-19)29-23-7-2-1-6-21(22)23/h1-12,18H,13-17H2. The van der Waals surface area contributed by atoms with Gasteiger partial charge in [0.05, 0.1) is 23.2 Å². The van der Waals surface area contributed by atoms with E-state index in [1.54, 1.807) is 18.6 Å². The van der Waals surface area contributed by atoms with E-state index in [1.165, 1.54) is 0 Å². The van der Waals surface area contributed by atoms with Gasteiger partial charge in [0.25, 0.3) is 5.91 Å². The third kappa shape index (κ3) is 4.43. The number of hydrogen-bond donors (Lipinski definition) is 0. The van der Waals surface area contributed by atoms with Gasteiger partial charge in [0.2, 0.25) is 5.91 Å². The molecule has 0 bridgehead atoms. The Hall–Kier alpha value is -4.13. The molecule has 1 saturated heterocycles. The van der Waals surface area contributed by atoms with Crippen molar-refractivity contribution in [1.29, 1.82) is 0 Å². The van der Waals surface area contributed by atoms with Gasteiger partial charge in [-0.2, -0.15) is 0 Å². The number of piperazine rings is 1. The van der Waals surface area contributed by atoms with Crippen LogP contribution >= 0.6 is 0 Å². The van der Waals surface area contributed by atoms with Gasteiger partial charge in [-0.1, -0.05) is 24.3 Å². The van der Waals surface area contributed by atoms with Crippen molar-refractivity contribution >= 4 is 22.7 Å². The molecule has 3 aromatic heterocycles. The Morgan fingerprint density at radius 2 is 1.55 bits per heavy atom. The Morgan fingerprint density at radius 3 is 2.30 bits per heavy atom. The van der Waals surface area contributed by atoms with E-state index in [-0.39, 0.29) is 18.2 Å². The highest BCUT2D eigenvalue weighted by molar-refractivity contribution is 6.07. The van der Waals surface area contributed by atoms with E-state index in [1.807, 2.05) is 70.5 Å². The van der Waals surface area contributed by atoms with E-state index < -0.39 is 0 Å². The minimum atomic E-state index is -0.0410. The van der Waals surface area contributed by atoms with Crippen LogP contribution in [0.2, 0.25) is 0 Å². The maximum atomic E-state index is 13.5. The van der Waals surface area contributed by atoms with Gasteiger partial charge >= 0.3 is 0 Å². The Kier molecular flexibility index (Phi) is 5.76. The topological polar surface area (TPSA) is 79.3 Å². The van der Waals surface area contributed by atoms with Gasteiger partial charge in [-0.05, 0) is 36.4 Å². The average Bonchev–Trinajstić information content (AvgIpc) is 2.89. The third-order valence-electron chi connectivity index (χ3n) is 5.90. The fraction of sp³-hybridized carbons (Fsp3) is 0.192. The van der Waals surface area contributed by atoms with Crippen molar-refractivity contribution in [3.8, 4) is 11.3 Å². The van der Waals surface area contributed by atoms with Gasteiger partial charge in [0, 0.05) is 61.4 Å². The molecule has 164 valence electrons. The van der Waals surface area contributed by atoms with Crippen molar-refractivity contribution in [2.24, 2.45) is 0 Å². The van der Waals surface area contributed by atoms with Crippen LogP contribution < -0.4 is 0 Å². The predicted octanol–water partition coefficient (Wildman–Crippen LogP) is 3.22. The first-order valence-corrected chi connectivity index (χ1v) is 11.0. The zero-order valence-corrected chi connectivity index (χ0v) is 18.1. The highest BCUT2D eigenvalue weighted by atomic mass is 16.2. The first-order chi connectivity index (χ1) is 16.2. The van der Waals surface area contributed by atoms with Gasteiger partial charge in [0.1, 0.15) is 0 Å². The maximum absolute atomic E-state index is 13.5. The molecular formula is C26H23N5O2. The number of amides is 2. The van der Waals surface area contributed by atoms with Gasteiger partial charge < -0.3 is 9.80 Å². The van der Waals surface area contributed by atoms with Gasteiger partial charge in [0.15, 0.2) is 0 Å². The second kappa shape index (κ2) is 9.16. The van der Waals surface area contributed by atoms with Crippen LogP contribution in [0.5, 0.6) is 0 Å². The maximum Gasteiger partial charge on any atom is 0.254 e. The van der Waals surface area contributed by atoms with Gasteiger partial charge in [-0.15, -0.1) is 0 Å². The smallest absolute Gasteiger partial charge is 0.254 e. The van der Waals surface area contributed by atoms with Crippen molar-refractivity contribution in [3.05, 3.63) is 90.5 Å². The fourth-order valence-corrected chi connectivity index (χ4v) is 4.12. The summed E-state index contributed by atoms with van der Waals surface area (Å²) in [5.74, 6) is -0.00383. The molecule has 1 aromatic carbocycles. The zero-order chi connectivity index (χ0) is 22.6. The lowest BCUT2D eigenvalue weighted by molar-refractivity contribution is -0.132. The molecule has 33 heavy (non-hydrogen) atoms. The van der Waals surface area contributed by atoms with Crippen LogP contribution in [-0.2, 0) is 11.2 Å². The lowest BCUT2D eigenvalue weighted by atomic mass is 10.0. The SMILES string of the molecule is O=C(Cc1ccccn1)N1CCN(C(=O)c2cc(-c3ccncc3)nc3ccccc23)CC1. The summed E-state index contributed by atoms with van der Waals surface area (Å²) in [5, 5.41) is 0.828. The molecule has 0 saturated carbocycles. The normalized spacial score (nSPS) is 13.8. The molecule has 0 aliphatic carbocycles. The summed E-state index contributed by atoms with van der Waals surface area (Å²) in [6.45, 7) is 2.01. The predicted molar refractivity (Wildman–Crippen MR) is 125 cm³/mol. The summed E-state index contributed by atoms with van der Waals surface area (Å²) in [7, 11) is 0. The molecule has 4 heterocycles. The second-order valence-electron chi connectivity index (χ2n) is 7.98. The van der Waals surface area contributed by atoms with E-state index >= 15 is 0 Å². The zero-order valence-electron chi connectivity index (χ0n) is 18.1. The number of para-hydroxylation sites is 1. The molecule has 0 unspecified atom stereocenters. The number of pyridine rings is 3. The lowest BCUT2D eigenvalue weighted by Crippen LogP contribution is -2.51. The number of rotatable bonds is 4. The van der Waals surface area contributed by atoms with E-state index in [4.69, 9.17) is 4.98 Å². The Labute approximate surface area is 191 Å². The Balaban J connectivity index is 1.35. The number of hydrogen-bond acceptors (Lipinski definition) is 5. The summed E-state index contributed by atoms with van der Waals surface area (Å²) in [4.78, 5) is 42.9. The van der Waals surface area contributed by atoms with Crippen molar-refractivity contribution in [3.63, 3.8) is 0 Å². The van der Waals surface area contributed by atoms with Crippen LogP contribution in [0.25, 0.3) is 22.2 Å². The van der Waals surface area contributed by atoms with Crippen molar-refractivity contribution in [2.45, 2.75) is 6.42 Å². The summed E-state index contributed by atoms with van der Waals surface area (Å²) in [5.41, 5.74) is 3.81. The number of fused-ring (bicyclic) bond motifs is 1. The van der Waals surface area contributed by atoms with Crippen LogP contribution in [0.4, 0.5) is 0 Å². The lowest BCUT2D eigenvalue weighted by Gasteiger charge is -2.35. The Morgan fingerprint density at radius 1 is 0.818 bits per heavy atom. The van der Waals surface area contributed by atoms with Crippen molar-refractivity contribution < 1.29 is 9.59 Å². The minimum absolute atomic E-state index is 0.0372. The van der Waals surface area contributed by atoms with Gasteiger partial charge in [-0.3, -0.25) is 19.6 Å². The minimum Gasteiger partial charge on any atom is -0.339 e. The monoisotopic (exact) mass is 437 g/mol. The second-order valence-corrected chi connectivity index (χ2v) is 7.98. The molecule has 4 aromatic rings. The number of carbonyl (C=O) groups is 2. The number of aromatic nitrogens is 3. The molecule has 0 radical (unpaired) electrons. The van der Waals surface area contributed by atoms with Crippen LogP contribution in [0.1, 0.15) is 16.1 Å². The molecule has 5 rings (SSSR count). The average molecular weight is 438 g/mol. The van der Waals surface area contributed by atoms with Crippen molar-refractivity contribution in [1.82, 2.24) is 24.8 Å². The number of carbonyl (C=O) groups excluding carboxylic acids is 2. The highest BCUT2D eigenvalue weighted by Crippen LogP contribution is 2.26. The van der Waals surface area contributed by atoms with E-state index in [9.17, 15) is 9.59 Å². The first kappa shape index (κ1) is 20.8. The summed E-state index contributed by atoms with van der Waals surface area (Å²) in [6.07, 6.45) is 5.40. The van der Waals surface area contributed by atoms with E-state index in [0.29, 0.717) is 31.7 Å². The first-order valence-electron chi connectivity index (χ1n) is 11.0. The number of nitrogens with zero attached hydrogens (tertiary/aromatic N) is 5. The quantitative estimate of drug-likeness (QED) is 0.490. The summed E-state index contributed by atoms with van der Waals surface area (Å²) < 4.78 is 0. The Bertz CT molecular complexity index is 1290. The molecular weight excluding hydrogens is 414 g/mol. The van der Waals surface area contributed by atoms with Crippen LogP contribution in [0.3, 0.4) is 0 Å². The van der Waals surface area contributed by atoms with Crippen LogP contribution in [-0.4, -0.2) is 62.7 Å². The molecule has 7 heteroatoms. The highest BCUT2D eigenvalue weighted by Gasteiger charge is 2.26. The third-order valence-corrected chi connectivity index (χ3v) is 5.90.